The summed E-state index contributed by atoms with van der Waals surface area (Å²) in [4.78, 5) is 48.9. The van der Waals surface area contributed by atoms with Crippen molar-refractivity contribution >= 4 is 35.4 Å². The number of rotatable bonds is 14. The van der Waals surface area contributed by atoms with E-state index in [2.05, 4.69) is 21.3 Å². The van der Waals surface area contributed by atoms with Gasteiger partial charge in [-0.1, -0.05) is 33.1 Å². The smallest absolute Gasteiger partial charge is 0.338 e. The average Bonchev–Trinajstić information content (AvgIpc) is 3.00. The highest BCUT2D eigenvalue weighted by atomic mass is 16.5. The summed E-state index contributed by atoms with van der Waals surface area (Å²) >= 11 is 0. The number of anilines is 2. The maximum Gasteiger partial charge on any atom is 0.338 e. The Labute approximate surface area is 248 Å². The van der Waals surface area contributed by atoms with Gasteiger partial charge in [-0.3, -0.25) is 0 Å². The number of urea groups is 2. The molecule has 2 unspecified atom stereocenters. The second-order valence-corrected chi connectivity index (χ2v) is 10.7. The highest BCUT2D eigenvalue weighted by molar-refractivity contribution is 5.93. The molecule has 0 bridgehead atoms. The van der Waals surface area contributed by atoms with Crippen molar-refractivity contribution < 1.29 is 28.7 Å². The Morgan fingerprint density at radius 2 is 1.07 bits per heavy atom. The summed E-state index contributed by atoms with van der Waals surface area (Å²) in [5, 5.41) is 11.5. The van der Waals surface area contributed by atoms with Gasteiger partial charge in [-0.15, -0.1) is 0 Å². The first-order valence-electron chi connectivity index (χ1n) is 15.0. The second kappa shape index (κ2) is 17.7. The SMILES string of the molecule is CCCCOC(=O)c1ccc(NC(=O)NCC2CCCC(CNC(=O)Nc3ccc(C(=O)OCCCC)cc3)C2)cc1. The van der Waals surface area contributed by atoms with Crippen LogP contribution in [0.3, 0.4) is 0 Å². The van der Waals surface area contributed by atoms with Gasteiger partial charge in [0.25, 0.3) is 0 Å². The number of ether oxygens (including phenoxy) is 2. The van der Waals surface area contributed by atoms with Crippen LogP contribution in [0.1, 0.15) is 85.9 Å². The fourth-order valence-electron chi connectivity index (χ4n) is 4.76. The molecule has 3 rings (SSSR count). The topological polar surface area (TPSA) is 135 Å². The minimum absolute atomic E-state index is 0.298. The Kier molecular flexibility index (Phi) is 13.6. The maximum atomic E-state index is 12.4. The first-order valence-corrected chi connectivity index (χ1v) is 15.0. The third-order valence-corrected chi connectivity index (χ3v) is 7.21. The van der Waals surface area contributed by atoms with Gasteiger partial charge in [0.2, 0.25) is 0 Å². The third kappa shape index (κ3) is 11.4. The summed E-state index contributed by atoms with van der Waals surface area (Å²) < 4.78 is 10.4. The predicted octanol–water partition coefficient (Wildman–Crippen LogP) is 6.35. The first-order chi connectivity index (χ1) is 20.4. The molecule has 10 heteroatoms. The summed E-state index contributed by atoms with van der Waals surface area (Å²) in [6.45, 7) is 5.96. The average molecular weight is 581 g/mol. The van der Waals surface area contributed by atoms with Gasteiger partial charge in [0.15, 0.2) is 0 Å². The van der Waals surface area contributed by atoms with Crippen molar-refractivity contribution in [1.29, 1.82) is 0 Å². The van der Waals surface area contributed by atoms with E-state index in [9.17, 15) is 19.2 Å². The Balaban J connectivity index is 1.34. The normalized spacial score (nSPS) is 16.1. The van der Waals surface area contributed by atoms with Gasteiger partial charge >= 0.3 is 24.0 Å². The van der Waals surface area contributed by atoms with E-state index in [-0.39, 0.29) is 24.0 Å². The van der Waals surface area contributed by atoms with Crippen LogP contribution in [0.15, 0.2) is 48.5 Å². The van der Waals surface area contributed by atoms with Crippen molar-refractivity contribution in [3.63, 3.8) is 0 Å². The number of hydrogen-bond acceptors (Lipinski definition) is 6. The molecule has 0 heterocycles. The zero-order chi connectivity index (χ0) is 30.2. The lowest BCUT2D eigenvalue weighted by Gasteiger charge is -2.29. The third-order valence-electron chi connectivity index (χ3n) is 7.21. The standard InChI is InChI=1S/C32H44N4O6/c1-3-5-18-41-29(37)25-10-14-27(15-11-25)35-31(39)33-21-23-8-7-9-24(20-23)22-34-32(40)36-28-16-12-26(13-17-28)30(38)42-19-6-4-2/h10-17,23-24H,3-9,18-22H2,1-2H3,(H2,33,35,39)(H2,34,36,40). The highest BCUT2D eigenvalue weighted by Gasteiger charge is 2.23. The number of nitrogens with one attached hydrogen (secondary N) is 4. The molecule has 1 aliphatic carbocycles. The molecule has 2 aromatic carbocycles. The van der Waals surface area contributed by atoms with Crippen LogP contribution in [-0.2, 0) is 9.47 Å². The molecule has 10 nitrogen and oxygen atoms in total. The van der Waals surface area contributed by atoms with Crippen LogP contribution in [-0.4, -0.2) is 50.3 Å². The molecule has 1 fully saturated rings. The molecule has 228 valence electrons. The lowest BCUT2D eigenvalue weighted by atomic mass is 9.81. The van der Waals surface area contributed by atoms with Crippen LogP contribution in [0, 0.1) is 11.8 Å². The lowest BCUT2D eigenvalue weighted by molar-refractivity contribution is 0.0490. The quantitative estimate of drug-likeness (QED) is 0.152. The van der Waals surface area contributed by atoms with Crippen molar-refractivity contribution in [2.24, 2.45) is 11.8 Å². The second-order valence-electron chi connectivity index (χ2n) is 10.7. The van der Waals surface area contributed by atoms with Crippen molar-refractivity contribution in [3.8, 4) is 0 Å². The summed E-state index contributed by atoms with van der Waals surface area (Å²) in [5.74, 6) is -0.0872. The molecule has 2 atom stereocenters. The van der Waals surface area contributed by atoms with Gasteiger partial charge in [-0.2, -0.15) is 0 Å². The molecule has 4 amide bonds. The fraction of sp³-hybridized carbons (Fsp3) is 0.500. The highest BCUT2D eigenvalue weighted by Crippen LogP contribution is 2.28. The van der Waals surface area contributed by atoms with E-state index in [0.29, 0.717) is 60.6 Å². The van der Waals surface area contributed by atoms with E-state index in [1.54, 1.807) is 48.5 Å². The summed E-state index contributed by atoms with van der Waals surface area (Å²) in [6.07, 6.45) is 7.55. The number of amides is 4. The number of benzene rings is 2. The molecular weight excluding hydrogens is 536 g/mol. The molecule has 0 spiro atoms. The summed E-state index contributed by atoms with van der Waals surface area (Å²) in [6, 6.07) is 12.7. The van der Waals surface area contributed by atoms with Gasteiger partial charge in [0, 0.05) is 24.5 Å². The number of carbonyl (C=O) groups is 4. The molecule has 1 aliphatic rings. The van der Waals surface area contributed by atoms with Crippen molar-refractivity contribution in [1.82, 2.24) is 10.6 Å². The van der Waals surface area contributed by atoms with Crippen molar-refractivity contribution in [2.45, 2.75) is 65.2 Å². The van der Waals surface area contributed by atoms with E-state index in [1.165, 1.54) is 0 Å². The molecule has 42 heavy (non-hydrogen) atoms. The van der Waals surface area contributed by atoms with Gasteiger partial charge < -0.3 is 30.7 Å². The van der Waals surface area contributed by atoms with Crippen molar-refractivity contribution in [3.05, 3.63) is 59.7 Å². The molecule has 0 aromatic heterocycles. The Hall–Kier alpha value is -4.08. The minimum Gasteiger partial charge on any atom is -0.462 e. The summed E-state index contributed by atoms with van der Waals surface area (Å²) in [7, 11) is 0. The Morgan fingerprint density at radius 3 is 1.45 bits per heavy atom. The van der Waals surface area contributed by atoms with Gasteiger partial charge in [0.05, 0.1) is 24.3 Å². The Morgan fingerprint density at radius 1 is 0.667 bits per heavy atom. The van der Waals surface area contributed by atoms with Gasteiger partial charge in [0.1, 0.15) is 0 Å². The number of carbonyl (C=O) groups excluding carboxylic acids is 4. The predicted molar refractivity (Wildman–Crippen MR) is 163 cm³/mol. The van der Waals surface area contributed by atoms with E-state index >= 15 is 0 Å². The molecule has 2 aromatic rings. The van der Waals surface area contributed by atoms with E-state index in [1.807, 2.05) is 13.8 Å². The zero-order valence-electron chi connectivity index (χ0n) is 24.7. The minimum atomic E-state index is -0.367. The fourth-order valence-corrected chi connectivity index (χ4v) is 4.76. The van der Waals surface area contributed by atoms with Crippen LogP contribution < -0.4 is 21.3 Å². The van der Waals surface area contributed by atoms with E-state index in [0.717, 1.165) is 51.4 Å². The zero-order valence-corrected chi connectivity index (χ0v) is 24.7. The van der Waals surface area contributed by atoms with Gasteiger partial charge in [-0.25, -0.2) is 19.2 Å². The molecular formula is C32H44N4O6. The molecule has 0 saturated heterocycles. The molecule has 0 aliphatic heterocycles. The maximum absolute atomic E-state index is 12.4. The monoisotopic (exact) mass is 580 g/mol. The van der Waals surface area contributed by atoms with Gasteiger partial charge in [-0.05, 0) is 92.5 Å². The van der Waals surface area contributed by atoms with Crippen LogP contribution in [0.4, 0.5) is 21.0 Å². The van der Waals surface area contributed by atoms with Crippen LogP contribution in [0.25, 0.3) is 0 Å². The van der Waals surface area contributed by atoms with E-state index in [4.69, 9.17) is 9.47 Å². The number of esters is 2. The number of hydrogen-bond donors (Lipinski definition) is 4. The first kappa shape index (κ1) is 32.4. The van der Waals surface area contributed by atoms with Crippen LogP contribution in [0.5, 0.6) is 0 Å². The molecule has 0 radical (unpaired) electrons. The lowest BCUT2D eigenvalue weighted by Crippen LogP contribution is -2.38. The summed E-state index contributed by atoms with van der Waals surface area (Å²) in [5.41, 5.74) is 2.09. The van der Waals surface area contributed by atoms with Crippen LogP contribution >= 0.6 is 0 Å². The van der Waals surface area contributed by atoms with Crippen molar-refractivity contribution in [2.75, 3.05) is 36.9 Å². The Bertz CT molecular complexity index is 1060. The largest absolute Gasteiger partial charge is 0.462 e. The molecule has 1 saturated carbocycles. The van der Waals surface area contributed by atoms with E-state index < -0.39 is 0 Å². The number of unbranched alkanes of at least 4 members (excludes halogenated alkanes) is 2. The van der Waals surface area contributed by atoms with Crippen LogP contribution in [0.2, 0.25) is 0 Å². The molecule has 4 N–H and O–H groups in total.